The number of benzene rings is 2. The predicted octanol–water partition coefficient (Wildman–Crippen LogP) is 2.86. The van der Waals surface area contributed by atoms with Gasteiger partial charge in [0.2, 0.25) is 5.91 Å². The number of hydrogen-bond acceptors (Lipinski definition) is 2. The number of anilines is 1. The number of carbonyl (C=O) groups is 1. The Hall–Kier alpha value is -2.13. The minimum Gasteiger partial charge on any atom is -0.325 e. The summed E-state index contributed by atoms with van der Waals surface area (Å²) in [6.45, 7) is 3.24. The monoisotopic (exact) mass is 280 g/mol. The van der Waals surface area contributed by atoms with Gasteiger partial charge < -0.3 is 10.6 Å². The van der Waals surface area contributed by atoms with Gasteiger partial charge in [-0.15, -0.1) is 0 Å². The average Bonchev–Trinajstić information content (AvgIpc) is 2.46. The molecule has 3 rings (SSSR count). The van der Waals surface area contributed by atoms with Crippen LogP contribution in [0.15, 0.2) is 48.5 Å². The Morgan fingerprint density at radius 3 is 2.67 bits per heavy atom. The fourth-order valence-electron chi connectivity index (χ4n) is 2.75. The van der Waals surface area contributed by atoms with Gasteiger partial charge in [-0.1, -0.05) is 42.0 Å². The summed E-state index contributed by atoms with van der Waals surface area (Å²) < 4.78 is 0. The molecule has 1 amide bonds. The number of carbonyl (C=O) groups excluding carboxylic acids is 1. The van der Waals surface area contributed by atoms with Gasteiger partial charge in [0, 0.05) is 18.2 Å². The summed E-state index contributed by atoms with van der Waals surface area (Å²) >= 11 is 0. The fourth-order valence-corrected chi connectivity index (χ4v) is 2.75. The van der Waals surface area contributed by atoms with Gasteiger partial charge in [0.15, 0.2) is 0 Å². The Kier molecular flexibility index (Phi) is 4.02. The zero-order chi connectivity index (χ0) is 14.7. The Bertz CT molecular complexity index is 634. The zero-order valence-corrected chi connectivity index (χ0v) is 12.2. The number of aryl methyl sites for hydroxylation is 1. The van der Waals surface area contributed by atoms with Crippen LogP contribution in [0.4, 0.5) is 5.69 Å². The van der Waals surface area contributed by atoms with Crippen LogP contribution < -0.4 is 10.6 Å². The Morgan fingerprint density at radius 2 is 1.90 bits per heavy atom. The molecular formula is C18H20N2O. The van der Waals surface area contributed by atoms with Crippen molar-refractivity contribution in [2.45, 2.75) is 19.3 Å². The van der Waals surface area contributed by atoms with Gasteiger partial charge in [0.25, 0.3) is 0 Å². The van der Waals surface area contributed by atoms with Gasteiger partial charge in [-0.2, -0.15) is 0 Å². The van der Waals surface area contributed by atoms with Crippen molar-refractivity contribution in [3.05, 3.63) is 65.2 Å². The summed E-state index contributed by atoms with van der Waals surface area (Å²) in [6.07, 6.45) is 1.11. The van der Waals surface area contributed by atoms with Crippen molar-refractivity contribution in [1.82, 2.24) is 5.32 Å². The fraction of sp³-hybridized carbons (Fsp3) is 0.278. The van der Waals surface area contributed by atoms with E-state index in [1.165, 1.54) is 16.7 Å². The molecule has 0 saturated carbocycles. The first kappa shape index (κ1) is 13.8. The zero-order valence-electron chi connectivity index (χ0n) is 12.2. The first-order chi connectivity index (χ1) is 10.2. The molecule has 2 aromatic rings. The summed E-state index contributed by atoms with van der Waals surface area (Å²) in [5.41, 5.74) is 4.90. The minimum absolute atomic E-state index is 0.00598. The van der Waals surface area contributed by atoms with E-state index in [1.807, 2.05) is 31.2 Å². The summed E-state index contributed by atoms with van der Waals surface area (Å²) in [5.74, 6) is 0.555. The first-order valence-corrected chi connectivity index (χ1v) is 7.37. The molecule has 2 aromatic carbocycles. The summed E-state index contributed by atoms with van der Waals surface area (Å²) in [5, 5.41) is 6.14. The summed E-state index contributed by atoms with van der Waals surface area (Å²) in [4.78, 5) is 11.9. The van der Waals surface area contributed by atoms with Crippen LogP contribution in [0, 0.1) is 6.92 Å². The van der Waals surface area contributed by atoms with Crippen LogP contribution in [0.2, 0.25) is 0 Å². The lowest BCUT2D eigenvalue weighted by Gasteiger charge is -2.30. The first-order valence-electron chi connectivity index (χ1n) is 7.37. The highest BCUT2D eigenvalue weighted by Gasteiger charge is 2.24. The highest BCUT2D eigenvalue weighted by Crippen LogP contribution is 2.33. The summed E-state index contributed by atoms with van der Waals surface area (Å²) in [6, 6.07) is 16.4. The second-order valence-electron chi connectivity index (χ2n) is 5.64. The van der Waals surface area contributed by atoms with Crippen LogP contribution >= 0.6 is 0 Å². The van der Waals surface area contributed by atoms with Gasteiger partial charge in [-0.3, -0.25) is 4.79 Å². The van der Waals surface area contributed by atoms with E-state index in [0.29, 0.717) is 12.5 Å². The SMILES string of the molecule is Cc1ccc(NC(=O)CNCC2Cc3ccccc32)cc1. The molecule has 3 nitrogen and oxygen atoms in total. The second-order valence-corrected chi connectivity index (χ2v) is 5.64. The molecule has 0 spiro atoms. The number of amides is 1. The van der Waals surface area contributed by atoms with E-state index in [9.17, 15) is 4.79 Å². The average molecular weight is 280 g/mol. The molecule has 0 fully saturated rings. The Balaban J connectivity index is 1.42. The maximum atomic E-state index is 11.9. The molecular weight excluding hydrogens is 260 g/mol. The maximum Gasteiger partial charge on any atom is 0.238 e. The van der Waals surface area contributed by atoms with Crippen molar-refractivity contribution in [1.29, 1.82) is 0 Å². The van der Waals surface area contributed by atoms with Gasteiger partial charge in [0.05, 0.1) is 6.54 Å². The van der Waals surface area contributed by atoms with Crippen molar-refractivity contribution in [3.63, 3.8) is 0 Å². The quantitative estimate of drug-likeness (QED) is 0.884. The molecule has 2 N–H and O–H groups in total. The molecule has 0 saturated heterocycles. The van der Waals surface area contributed by atoms with E-state index >= 15 is 0 Å². The number of fused-ring (bicyclic) bond motifs is 1. The molecule has 1 atom stereocenters. The largest absolute Gasteiger partial charge is 0.325 e. The highest BCUT2D eigenvalue weighted by atomic mass is 16.1. The van der Waals surface area contributed by atoms with Gasteiger partial charge in [-0.05, 0) is 36.6 Å². The lowest BCUT2D eigenvalue weighted by atomic mass is 9.78. The van der Waals surface area contributed by atoms with Crippen LogP contribution in [-0.2, 0) is 11.2 Å². The topological polar surface area (TPSA) is 41.1 Å². The van der Waals surface area contributed by atoms with E-state index in [1.54, 1.807) is 0 Å². The number of hydrogen-bond donors (Lipinski definition) is 2. The highest BCUT2D eigenvalue weighted by molar-refractivity contribution is 5.92. The van der Waals surface area contributed by atoms with Crippen LogP contribution in [0.5, 0.6) is 0 Å². The molecule has 0 aromatic heterocycles. The van der Waals surface area contributed by atoms with Crippen LogP contribution in [0.25, 0.3) is 0 Å². The molecule has 1 aliphatic rings. The van der Waals surface area contributed by atoms with Gasteiger partial charge in [0.1, 0.15) is 0 Å². The van der Waals surface area contributed by atoms with Crippen molar-refractivity contribution >= 4 is 11.6 Å². The maximum absolute atomic E-state index is 11.9. The van der Waals surface area contributed by atoms with Crippen LogP contribution in [0.1, 0.15) is 22.6 Å². The Labute approximate surface area is 125 Å². The number of rotatable bonds is 5. The smallest absolute Gasteiger partial charge is 0.238 e. The van der Waals surface area contributed by atoms with Gasteiger partial charge >= 0.3 is 0 Å². The standard InChI is InChI=1S/C18H20N2O/c1-13-6-8-16(9-7-13)20-18(21)12-19-11-15-10-14-4-2-3-5-17(14)15/h2-9,15,19H,10-12H2,1H3,(H,20,21). The lowest BCUT2D eigenvalue weighted by molar-refractivity contribution is -0.115. The van der Waals surface area contributed by atoms with Crippen molar-refractivity contribution < 1.29 is 4.79 Å². The summed E-state index contributed by atoms with van der Waals surface area (Å²) in [7, 11) is 0. The van der Waals surface area contributed by atoms with E-state index in [2.05, 4.69) is 34.9 Å². The van der Waals surface area contributed by atoms with Crippen molar-refractivity contribution in [2.24, 2.45) is 0 Å². The Morgan fingerprint density at radius 1 is 1.14 bits per heavy atom. The minimum atomic E-state index is 0.00598. The molecule has 108 valence electrons. The third-order valence-corrected chi connectivity index (χ3v) is 3.97. The molecule has 1 aliphatic carbocycles. The van der Waals surface area contributed by atoms with E-state index in [0.717, 1.165) is 18.7 Å². The second kappa shape index (κ2) is 6.10. The normalized spacial score (nSPS) is 16.0. The van der Waals surface area contributed by atoms with Crippen molar-refractivity contribution in [3.8, 4) is 0 Å². The van der Waals surface area contributed by atoms with Crippen molar-refractivity contribution in [2.75, 3.05) is 18.4 Å². The van der Waals surface area contributed by atoms with E-state index in [-0.39, 0.29) is 5.91 Å². The molecule has 0 bridgehead atoms. The molecule has 21 heavy (non-hydrogen) atoms. The predicted molar refractivity (Wildman–Crippen MR) is 85.6 cm³/mol. The molecule has 0 radical (unpaired) electrons. The molecule has 3 heteroatoms. The molecule has 1 unspecified atom stereocenters. The lowest BCUT2D eigenvalue weighted by Crippen LogP contribution is -2.34. The van der Waals surface area contributed by atoms with E-state index < -0.39 is 0 Å². The van der Waals surface area contributed by atoms with Crippen LogP contribution in [0.3, 0.4) is 0 Å². The third kappa shape index (κ3) is 3.31. The molecule has 0 aliphatic heterocycles. The van der Waals surface area contributed by atoms with E-state index in [4.69, 9.17) is 0 Å². The third-order valence-electron chi connectivity index (χ3n) is 3.97. The number of nitrogens with one attached hydrogen (secondary N) is 2. The molecule has 0 heterocycles. The van der Waals surface area contributed by atoms with Gasteiger partial charge in [-0.25, -0.2) is 0 Å². The van der Waals surface area contributed by atoms with Crippen LogP contribution in [-0.4, -0.2) is 19.0 Å².